The van der Waals surface area contributed by atoms with Crippen LogP contribution in [0, 0.1) is 13.8 Å². The SMILES string of the molecule is Cc1nn(CC(F)(F)F)c(C)c1C(C)NC(=O)CC(N)c1ccccc1. The molecule has 1 amide bonds. The molecule has 0 fully saturated rings. The number of aryl methyl sites for hydroxylation is 1. The molecule has 0 saturated heterocycles. The molecule has 1 heterocycles. The second-order valence-electron chi connectivity index (χ2n) is 6.37. The first kappa shape index (κ1) is 20.0. The van der Waals surface area contributed by atoms with E-state index in [2.05, 4.69) is 10.4 Å². The predicted molar refractivity (Wildman–Crippen MR) is 92.3 cm³/mol. The third-order valence-electron chi connectivity index (χ3n) is 4.21. The Morgan fingerprint density at radius 2 is 1.88 bits per heavy atom. The molecule has 0 bridgehead atoms. The minimum Gasteiger partial charge on any atom is -0.349 e. The maximum atomic E-state index is 12.6. The molecule has 0 spiro atoms. The lowest BCUT2D eigenvalue weighted by Gasteiger charge is -2.17. The van der Waals surface area contributed by atoms with Gasteiger partial charge in [-0.05, 0) is 26.3 Å². The number of nitrogens with one attached hydrogen (secondary N) is 1. The molecule has 5 nitrogen and oxygen atoms in total. The van der Waals surface area contributed by atoms with Gasteiger partial charge >= 0.3 is 6.18 Å². The van der Waals surface area contributed by atoms with Gasteiger partial charge in [0.1, 0.15) is 6.54 Å². The van der Waals surface area contributed by atoms with Crippen molar-refractivity contribution in [2.24, 2.45) is 5.73 Å². The van der Waals surface area contributed by atoms with E-state index in [0.717, 1.165) is 10.2 Å². The van der Waals surface area contributed by atoms with Crippen LogP contribution in [-0.2, 0) is 11.3 Å². The Bertz CT molecular complexity index is 756. The summed E-state index contributed by atoms with van der Waals surface area (Å²) in [5.74, 6) is -0.267. The number of nitrogens with two attached hydrogens (primary N) is 1. The van der Waals surface area contributed by atoms with Crippen molar-refractivity contribution in [3.05, 3.63) is 52.8 Å². The van der Waals surface area contributed by atoms with Gasteiger partial charge in [-0.3, -0.25) is 9.48 Å². The quantitative estimate of drug-likeness (QED) is 0.821. The number of hydrogen-bond donors (Lipinski definition) is 2. The Hall–Kier alpha value is -2.35. The summed E-state index contributed by atoms with van der Waals surface area (Å²) in [5.41, 5.74) is 8.34. The highest BCUT2D eigenvalue weighted by Gasteiger charge is 2.31. The molecule has 3 N–H and O–H groups in total. The molecule has 0 radical (unpaired) electrons. The second-order valence-corrected chi connectivity index (χ2v) is 6.37. The molecule has 142 valence electrons. The van der Waals surface area contributed by atoms with E-state index in [1.807, 2.05) is 30.3 Å². The number of halogens is 3. The molecule has 2 aromatic rings. The first-order chi connectivity index (χ1) is 12.1. The van der Waals surface area contributed by atoms with Gasteiger partial charge in [0.15, 0.2) is 0 Å². The summed E-state index contributed by atoms with van der Waals surface area (Å²) in [6.45, 7) is 3.77. The summed E-state index contributed by atoms with van der Waals surface area (Å²) in [6.07, 6.45) is -4.27. The van der Waals surface area contributed by atoms with Gasteiger partial charge in [-0.15, -0.1) is 0 Å². The van der Waals surface area contributed by atoms with E-state index in [-0.39, 0.29) is 12.3 Å². The molecule has 1 aromatic carbocycles. The Balaban J connectivity index is 2.05. The summed E-state index contributed by atoms with van der Waals surface area (Å²) in [7, 11) is 0. The zero-order valence-corrected chi connectivity index (χ0v) is 15.0. The Morgan fingerprint density at radius 1 is 1.27 bits per heavy atom. The fourth-order valence-corrected chi connectivity index (χ4v) is 3.05. The molecule has 0 aliphatic heterocycles. The number of benzene rings is 1. The van der Waals surface area contributed by atoms with Gasteiger partial charge in [0, 0.05) is 23.7 Å². The van der Waals surface area contributed by atoms with E-state index in [4.69, 9.17) is 5.73 Å². The molecule has 8 heteroatoms. The van der Waals surface area contributed by atoms with Crippen LogP contribution < -0.4 is 11.1 Å². The monoisotopic (exact) mass is 368 g/mol. The lowest BCUT2D eigenvalue weighted by atomic mass is 10.0. The van der Waals surface area contributed by atoms with Gasteiger partial charge in [-0.2, -0.15) is 18.3 Å². The summed E-state index contributed by atoms with van der Waals surface area (Å²) < 4.78 is 38.8. The average Bonchev–Trinajstić information content (AvgIpc) is 2.80. The van der Waals surface area contributed by atoms with E-state index in [0.29, 0.717) is 17.0 Å². The number of carbonyl (C=O) groups is 1. The molecule has 0 aliphatic carbocycles. The minimum atomic E-state index is -4.35. The largest absolute Gasteiger partial charge is 0.408 e. The minimum absolute atomic E-state index is 0.0864. The maximum absolute atomic E-state index is 12.6. The number of rotatable bonds is 6. The van der Waals surface area contributed by atoms with Crippen LogP contribution in [0.3, 0.4) is 0 Å². The van der Waals surface area contributed by atoms with Crippen molar-refractivity contribution in [3.8, 4) is 0 Å². The highest BCUT2D eigenvalue weighted by Crippen LogP contribution is 2.25. The topological polar surface area (TPSA) is 72.9 Å². The number of carbonyl (C=O) groups excluding carboxylic acids is 1. The Kier molecular flexibility index (Phi) is 6.07. The van der Waals surface area contributed by atoms with E-state index in [9.17, 15) is 18.0 Å². The van der Waals surface area contributed by atoms with Crippen LogP contribution >= 0.6 is 0 Å². The number of nitrogens with zero attached hydrogens (tertiary/aromatic N) is 2. The molecule has 0 aliphatic rings. The van der Waals surface area contributed by atoms with Crippen molar-refractivity contribution in [3.63, 3.8) is 0 Å². The number of aromatic nitrogens is 2. The summed E-state index contributed by atoms with van der Waals surface area (Å²) in [6, 6.07) is 8.33. The van der Waals surface area contributed by atoms with Gasteiger partial charge < -0.3 is 11.1 Å². The van der Waals surface area contributed by atoms with Crippen LogP contribution in [-0.4, -0.2) is 21.9 Å². The van der Waals surface area contributed by atoms with Gasteiger partial charge in [0.25, 0.3) is 0 Å². The molecule has 2 rings (SSSR count). The van der Waals surface area contributed by atoms with Crippen molar-refractivity contribution < 1.29 is 18.0 Å². The van der Waals surface area contributed by atoms with Crippen molar-refractivity contribution in [2.75, 3.05) is 0 Å². The van der Waals surface area contributed by atoms with Crippen LogP contribution in [0.4, 0.5) is 13.2 Å². The fraction of sp³-hybridized carbons (Fsp3) is 0.444. The number of amides is 1. The zero-order valence-electron chi connectivity index (χ0n) is 15.0. The lowest BCUT2D eigenvalue weighted by Crippen LogP contribution is -2.30. The standard InChI is InChI=1S/C18H23F3N4O/c1-11(17-12(2)24-25(13(17)3)10-18(19,20)21)23-16(26)9-15(22)14-7-5-4-6-8-14/h4-8,11,15H,9-10,22H2,1-3H3,(H,23,26). The van der Waals surface area contributed by atoms with Crippen LogP contribution in [0.1, 0.15) is 47.9 Å². The van der Waals surface area contributed by atoms with E-state index >= 15 is 0 Å². The van der Waals surface area contributed by atoms with Crippen molar-refractivity contribution in [2.45, 2.75) is 52.0 Å². The highest BCUT2D eigenvalue weighted by atomic mass is 19.4. The van der Waals surface area contributed by atoms with E-state index in [1.165, 1.54) is 0 Å². The average molecular weight is 368 g/mol. The van der Waals surface area contributed by atoms with Crippen LogP contribution in [0.5, 0.6) is 0 Å². The predicted octanol–water partition coefficient (Wildman–Crippen LogP) is 3.33. The molecule has 2 unspecified atom stereocenters. The third kappa shape index (κ3) is 5.08. The third-order valence-corrected chi connectivity index (χ3v) is 4.21. The summed E-state index contributed by atoms with van der Waals surface area (Å²) >= 11 is 0. The molecule has 26 heavy (non-hydrogen) atoms. The number of hydrogen-bond acceptors (Lipinski definition) is 3. The fourth-order valence-electron chi connectivity index (χ4n) is 3.05. The maximum Gasteiger partial charge on any atom is 0.408 e. The van der Waals surface area contributed by atoms with Gasteiger partial charge in [0.05, 0.1) is 11.7 Å². The molecule has 2 atom stereocenters. The summed E-state index contributed by atoms with van der Waals surface area (Å²) in [4.78, 5) is 12.3. The van der Waals surface area contributed by atoms with Crippen molar-refractivity contribution in [1.82, 2.24) is 15.1 Å². The Labute approximate surface area is 150 Å². The molecular formula is C18H23F3N4O. The van der Waals surface area contributed by atoms with Crippen molar-refractivity contribution in [1.29, 1.82) is 0 Å². The smallest absolute Gasteiger partial charge is 0.349 e. The zero-order chi connectivity index (χ0) is 19.5. The normalized spacial score (nSPS) is 14.1. The van der Waals surface area contributed by atoms with Gasteiger partial charge in [-0.1, -0.05) is 30.3 Å². The van der Waals surface area contributed by atoms with Gasteiger partial charge in [-0.25, -0.2) is 0 Å². The highest BCUT2D eigenvalue weighted by molar-refractivity contribution is 5.77. The Morgan fingerprint density at radius 3 is 2.46 bits per heavy atom. The molecule has 1 aromatic heterocycles. The summed E-state index contributed by atoms with van der Waals surface area (Å²) in [5, 5.41) is 6.75. The van der Waals surface area contributed by atoms with Crippen LogP contribution in [0.15, 0.2) is 30.3 Å². The first-order valence-corrected chi connectivity index (χ1v) is 8.29. The van der Waals surface area contributed by atoms with Gasteiger partial charge in [0.2, 0.25) is 5.91 Å². The van der Waals surface area contributed by atoms with Crippen LogP contribution in [0.2, 0.25) is 0 Å². The first-order valence-electron chi connectivity index (χ1n) is 8.29. The van der Waals surface area contributed by atoms with E-state index < -0.39 is 24.8 Å². The number of alkyl halides is 3. The second kappa shape index (κ2) is 7.90. The molecular weight excluding hydrogens is 345 g/mol. The van der Waals surface area contributed by atoms with Crippen molar-refractivity contribution >= 4 is 5.91 Å². The lowest BCUT2D eigenvalue weighted by molar-refractivity contribution is -0.143. The molecule has 0 saturated carbocycles. The van der Waals surface area contributed by atoms with E-state index in [1.54, 1.807) is 20.8 Å². The van der Waals surface area contributed by atoms with Crippen LogP contribution in [0.25, 0.3) is 0 Å².